The molecule has 0 radical (unpaired) electrons. The van der Waals surface area contributed by atoms with Crippen LogP contribution in [0.25, 0.3) is 0 Å². The van der Waals surface area contributed by atoms with Crippen molar-refractivity contribution in [3.63, 3.8) is 0 Å². The molecule has 1 N–H and O–H groups in total. The van der Waals surface area contributed by atoms with Crippen LogP contribution in [-0.2, 0) is 11.2 Å². The van der Waals surface area contributed by atoms with Crippen LogP contribution in [0.1, 0.15) is 25.8 Å². The summed E-state index contributed by atoms with van der Waals surface area (Å²) >= 11 is 0. The van der Waals surface area contributed by atoms with Gasteiger partial charge in [0, 0.05) is 25.4 Å². The number of methoxy groups -OCH3 is 1. The van der Waals surface area contributed by atoms with E-state index in [2.05, 4.69) is 43.4 Å². The summed E-state index contributed by atoms with van der Waals surface area (Å²) in [6.07, 6.45) is 2.18. The van der Waals surface area contributed by atoms with E-state index in [0.717, 1.165) is 19.4 Å². The molecule has 0 unspecified atom stereocenters. The van der Waals surface area contributed by atoms with Gasteiger partial charge in [-0.3, -0.25) is 0 Å². The van der Waals surface area contributed by atoms with E-state index in [4.69, 9.17) is 4.74 Å². The molecule has 0 aliphatic heterocycles. The normalized spacial score (nSPS) is 10.7. The third-order valence-corrected chi connectivity index (χ3v) is 2.22. The SMILES string of the molecule is COCCCc1ccc(NC(C)C)cc1. The van der Waals surface area contributed by atoms with Gasteiger partial charge in [-0.05, 0) is 44.4 Å². The zero-order valence-electron chi connectivity index (χ0n) is 9.92. The monoisotopic (exact) mass is 207 g/mol. The van der Waals surface area contributed by atoms with Crippen LogP contribution in [0.15, 0.2) is 24.3 Å². The van der Waals surface area contributed by atoms with Crippen LogP contribution >= 0.6 is 0 Å². The Morgan fingerprint density at radius 3 is 2.40 bits per heavy atom. The lowest BCUT2D eigenvalue weighted by atomic mass is 10.1. The Hall–Kier alpha value is -1.02. The molecule has 2 nitrogen and oxygen atoms in total. The molecule has 0 aliphatic carbocycles. The van der Waals surface area contributed by atoms with Gasteiger partial charge in [-0.1, -0.05) is 12.1 Å². The lowest BCUT2D eigenvalue weighted by Gasteiger charge is -2.10. The molecule has 1 rings (SSSR count). The summed E-state index contributed by atoms with van der Waals surface area (Å²) < 4.78 is 5.03. The molecule has 0 atom stereocenters. The summed E-state index contributed by atoms with van der Waals surface area (Å²) in [6, 6.07) is 9.13. The van der Waals surface area contributed by atoms with E-state index in [1.807, 2.05) is 0 Å². The Morgan fingerprint density at radius 2 is 1.87 bits per heavy atom. The highest BCUT2D eigenvalue weighted by atomic mass is 16.5. The number of ether oxygens (including phenoxy) is 1. The molecule has 0 spiro atoms. The van der Waals surface area contributed by atoms with Crippen LogP contribution < -0.4 is 5.32 Å². The molecule has 0 saturated carbocycles. The highest BCUT2D eigenvalue weighted by molar-refractivity contribution is 5.45. The van der Waals surface area contributed by atoms with Gasteiger partial charge in [0.05, 0.1) is 0 Å². The van der Waals surface area contributed by atoms with Gasteiger partial charge in [-0.25, -0.2) is 0 Å². The van der Waals surface area contributed by atoms with Crippen LogP contribution in [0.5, 0.6) is 0 Å². The van der Waals surface area contributed by atoms with E-state index < -0.39 is 0 Å². The smallest absolute Gasteiger partial charge is 0.0465 e. The summed E-state index contributed by atoms with van der Waals surface area (Å²) in [4.78, 5) is 0. The molecule has 1 aromatic rings. The Morgan fingerprint density at radius 1 is 1.20 bits per heavy atom. The Labute approximate surface area is 92.6 Å². The van der Waals surface area contributed by atoms with E-state index >= 15 is 0 Å². The predicted molar refractivity (Wildman–Crippen MR) is 65.4 cm³/mol. The summed E-state index contributed by atoms with van der Waals surface area (Å²) in [6.45, 7) is 5.13. The number of benzene rings is 1. The first kappa shape index (κ1) is 12.1. The first-order valence-corrected chi connectivity index (χ1v) is 5.57. The molecule has 84 valence electrons. The molecule has 0 saturated heterocycles. The molecule has 0 aromatic heterocycles. The fraction of sp³-hybridized carbons (Fsp3) is 0.538. The quantitative estimate of drug-likeness (QED) is 0.724. The molecule has 0 bridgehead atoms. The second kappa shape index (κ2) is 6.46. The van der Waals surface area contributed by atoms with Crippen molar-refractivity contribution in [3.8, 4) is 0 Å². The van der Waals surface area contributed by atoms with E-state index in [0.29, 0.717) is 6.04 Å². The fourth-order valence-corrected chi connectivity index (χ4v) is 1.52. The first-order valence-electron chi connectivity index (χ1n) is 5.57. The van der Waals surface area contributed by atoms with Gasteiger partial charge in [0.15, 0.2) is 0 Å². The van der Waals surface area contributed by atoms with Gasteiger partial charge < -0.3 is 10.1 Å². The van der Waals surface area contributed by atoms with Crippen molar-refractivity contribution >= 4 is 5.69 Å². The summed E-state index contributed by atoms with van der Waals surface area (Å²) in [5.41, 5.74) is 2.57. The number of anilines is 1. The minimum absolute atomic E-state index is 0.490. The van der Waals surface area contributed by atoms with Crippen LogP contribution in [-0.4, -0.2) is 19.8 Å². The molecule has 0 heterocycles. The number of aryl methyl sites for hydroxylation is 1. The Bertz CT molecular complexity index is 266. The second-order valence-corrected chi connectivity index (χ2v) is 4.09. The van der Waals surface area contributed by atoms with Crippen molar-refractivity contribution in [1.29, 1.82) is 0 Å². The lowest BCUT2D eigenvalue weighted by Crippen LogP contribution is -2.09. The zero-order chi connectivity index (χ0) is 11.1. The average Bonchev–Trinajstić information content (AvgIpc) is 2.20. The minimum Gasteiger partial charge on any atom is -0.385 e. The third kappa shape index (κ3) is 4.84. The van der Waals surface area contributed by atoms with Crippen LogP contribution in [0.3, 0.4) is 0 Å². The fourth-order valence-electron chi connectivity index (χ4n) is 1.52. The van der Waals surface area contributed by atoms with Crippen molar-refractivity contribution in [2.45, 2.75) is 32.7 Å². The molecular weight excluding hydrogens is 186 g/mol. The standard InChI is InChI=1S/C13H21NO/c1-11(2)14-13-8-6-12(7-9-13)5-4-10-15-3/h6-9,11,14H,4-5,10H2,1-3H3. The van der Waals surface area contributed by atoms with Crippen LogP contribution in [0.4, 0.5) is 5.69 Å². The molecule has 15 heavy (non-hydrogen) atoms. The lowest BCUT2D eigenvalue weighted by molar-refractivity contribution is 0.195. The van der Waals surface area contributed by atoms with Crippen molar-refractivity contribution < 1.29 is 4.74 Å². The summed E-state index contributed by atoms with van der Waals surface area (Å²) in [7, 11) is 1.75. The maximum Gasteiger partial charge on any atom is 0.0465 e. The third-order valence-electron chi connectivity index (χ3n) is 2.22. The number of rotatable bonds is 6. The molecule has 0 aliphatic rings. The number of hydrogen-bond donors (Lipinski definition) is 1. The molecule has 0 fully saturated rings. The largest absolute Gasteiger partial charge is 0.385 e. The Balaban J connectivity index is 2.42. The molecule has 1 aromatic carbocycles. The van der Waals surface area contributed by atoms with Crippen LogP contribution in [0, 0.1) is 0 Å². The predicted octanol–water partition coefficient (Wildman–Crippen LogP) is 3.09. The van der Waals surface area contributed by atoms with Gasteiger partial charge >= 0.3 is 0 Å². The van der Waals surface area contributed by atoms with Crippen molar-refractivity contribution in [2.24, 2.45) is 0 Å². The van der Waals surface area contributed by atoms with Crippen molar-refractivity contribution in [2.75, 3.05) is 19.0 Å². The average molecular weight is 207 g/mol. The highest BCUT2D eigenvalue weighted by Crippen LogP contribution is 2.11. The number of hydrogen-bond acceptors (Lipinski definition) is 2. The summed E-state index contributed by atoms with van der Waals surface area (Å²) in [5, 5.41) is 3.37. The second-order valence-electron chi connectivity index (χ2n) is 4.09. The van der Waals surface area contributed by atoms with Gasteiger partial charge in [-0.15, -0.1) is 0 Å². The van der Waals surface area contributed by atoms with E-state index in [9.17, 15) is 0 Å². The van der Waals surface area contributed by atoms with E-state index in [1.165, 1.54) is 11.3 Å². The maximum atomic E-state index is 5.03. The van der Waals surface area contributed by atoms with Crippen molar-refractivity contribution in [3.05, 3.63) is 29.8 Å². The Kier molecular flexibility index (Phi) is 5.19. The maximum absolute atomic E-state index is 5.03. The van der Waals surface area contributed by atoms with Gasteiger partial charge in [0.1, 0.15) is 0 Å². The van der Waals surface area contributed by atoms with Crippen molar-refractivity contribution in [1.82, 2.24) is 0 Å². The molecule has 2 heteroatoms. The first-order chi connectivity index (χ1) is 7.22. The summed E-state index contributed by atoms with van der Waals surface area (Å²) in [5.74, 6) is 0. The van der Waals surface area contributed by atoms with Gasteiger partial charge in [0.25, 0.3) is 0 Å². The number of nitrogens with one attached hydrogen (secondary N) is 1. The van der Waals surface area contributed by atoms with Gasteiger partial charge in [-0.2, -0.15) is 0 Å². The zero-order valence-corrected chi connectivity index (χ0v) is 9.92. The van der Waals surface area contributed by atoms with Crippen LogP contribution in [0.2, 0.25) is 0 Å². The van der Waals surface area contributed by atoms with E-state index in [1.54, 1.807) is 7.11 Å². The highest BCUT2D eigenvalue weighted by Gasteiger charge is 1.96. The minimum atomic E-state index is 0.490. The molecule has 0 amide bonds. The molecular formula is C13H21NO. The topological polar surface area (TPSA) is 21.3 Å². The van der Waals surface area contributed by atoms with Gasteiger partial charge in [0.2, 0.25) is 0 Å². The van der Waals surface area contributed by atoms with E-state index in [-0.39, 0.29) is 0 Å².